The second kappa shape index (κ2) is 8.46. The zero-order valence-electron chi connectivity index (χ0n) is 15.6. The number of Topliss-reactive ketones (excluding diaryl/α,β-unsaturated/α-hetero) is 1. The maximum atomic E-state index is 14.6. The summed E-state index contributed by atoms with van der Waals surface area (Å²) in [5, 5.41) is 4.86. The molecule has 152 valence electrons. The Morgan fingerprint density at radius 1 is 1.10 bits per heavy atom. The summed E-state index contributed by atoms with van der Waals surface area (Å²) < 4.78 is 42.2. The van der Waals surface area contributed by atoms with Gasteiger partial charge < -0.3 is 10.6 Å². The molecule has 0 aliphatic carbocycles. The van der Waals surface area contributed by atoms with Crippen molar-refractivity contribution in [3.05, 3.63) is 65.0 Å². The summed E-state index contributed by atoms with van der Waals surface area (Å²) in [4.78, 5) is 35.7. The zero-order valence-corrected chi connectivity index (χ0v) is 15.6. The molecule has 0 aromatic heterocycles. The summed E-state index contributed by atoms with van der Waals surface area (Å²) in [5.74, 6) is -5.21. The van der Waals surface area contributed by atoms with E-state index in [1.54, 1.807) is 0 Å². The van der Waals surface area contributed by atoms with Crippen LogP contribution < -0.4 is 10.6 Å². The molecule has 2 aromatic carbocycles. The monoisotopic (exact) mass is 404 g/mol. The summed E-state index contributed by atoms with van der Waals surface area (Å²) in [6.45, 7) is 1.21. The highest BCUT2D eigenvalue weighted by molar-refractivity contribution is 5.90. The number of amides is 2. The number of nitrogens with one attached hydrogen (secondary N) is 2. The van der Waals surface area contributed by atoms with Gasteiger partial charge in [-0.2, -0.15) is 0 Å². The number of hydrogen-bond donors (Lipinski definition) is 2. The van der Waals surface area contributed by atoms with E-state index in [2.05, 4.69) is 10.6 Å². The first-order valence-electron chi connectivity index (χ1n) is 9.05. The van der Waals surface area contributed by atoms with Crippen LogP contribution in [0.4, 0.5) is 18.9 Å². The van der Waals surface area contributed by atoms with Crippen LogP contribution in [0.15, 0.2) is 36.4 Å². The van der Waals surface area contributed by atoms with E-state index < -0.39 is 41.1 Å². The fraction of sp³-hybridized carbons (Fsp3) is 0.286. The molecule has 2 N–H and O–H groups in total. The molecular weight excluding hydrogens is 385 g/mol. The first-order chi connectivity index (χ1) is 13.7. The molecule has 2 aromatic rings. The Morgan fingerprint density at radius 3 is 2.31 bits per heavy atom. The number of benzene rings is 2. The van der Waals surface area contributed by atoms with Crippen LogP contribution >= 0.6 is 0 Å². The van der Waals surface area contributed by atoms with Crippen LogP contribution in [0.3, 0.4) is 0 Å². The molecule has 1 saturated heterocycles. The lowest BCUT2D eigenvalue weighted by Crippen LogP contribution is -2.23. The van der Waals surface area contributed by atoms with Crippen molar-refractivity contribution in [2.45, 2.75) is 25.7 Å². The van der Waals surface area contributed by atoms with E-state index in [-0.39, 0.29) is 36.4 Å². The first kappa shape index (κ1) is 20.6. The largest absolute Gasteiger partial charge is 0.355 e. The predicted molar refractivity (Wildman–Crippen MR) is 99.6 cm³/mol. The lowest BCUT2D eigenvalue weighted by atomic mass is 9.83. The number of rotatable bonds is 6. The van der Waals surface area contributed by atoms with Crippen LogP contribution in [0.2, 0.25) is 0 Å². The maximum Gasteiger partial charge on any atom is 0.224 e. The van der Waals surface area contributed by atoms with E-state index in [4.69, 9.17) is 0 Å². The minimum Gasteiger partial charge on any atom is -0.355 e. The van der Waals surface area contributed by atoms with Crippen molar-refractivity contribution >= 4 is 23.3 Å². The lowest BCUT2D eigenvalue weighted by Gasteiger charge is -2.19. The number of carbonyl (C=O) groups is 3. The third kappa shape index (κ3) is 4.82. The van der Waals surface area contributed by atoms with E-state index in [0.717, 1.165) is 12.1 Å². The van der Waals surface area contributed by atoms with Gasteiger partial charge in [0.15, 0.2) is 0 Å². The van der Waals surface area contributed by atoms with E-state index in [9.17, 15) is 27.6 Å². The van der Waals surface area contributed by atoms with Gasteiger partial charge in [0, 0.05) is 43.5 Å². The molecule has 1 aliphatic heterocycles. The number of hydrogen-bond acceptors (Lipinski definition) is 3. The Bertz CT molecular complexity index is 937. The molecule has 0 saturated carbocycles. The summed E-state index contributed by atoms with van der Waals surface area (Å²) in [6.07, 6.45) is -0.205. The van der Waals surface area contributed by atoms with Gasteiger partial charge in [-0.1, -0.05) is 12.1 Å². The van der Waals surface area contributed by atoms with Gasteiger partial charge >= 0.3 is 0 Å². The molecule has 1 fully saturated rings. The summed E-state index contributed by atoms with van der Waals surface area (Å²) in [6, 6.07) is 7.38. The number of anilines is 1. The molecule has 8 heteroatoms. The van der Waals surface area contributed by atoms with E-state index in [1.807, 2.05) is 0 Å². The molecule has 1 heterocycles. The highest BCUT2D eigenvalue weighted by Crippen LogP contribution is 2.36. The van der Waals surface area contributed by atoms with E-state index in [1.165, 1.54) is 31.2 Å². The maximum absolute atomic E-state index is 14.6. The second-order valence-corrected chi connectivity index (χ2v) is 7.04. The molecular formula is C21H19F3N2O3. The number of halogens is 3. The molecule has 2 amide bonds. The normalized spacial score (nSPS) is 18.4. The van der Waals surface area contributed by atoms with Gasteiger partial charge in [0.1, 0.15) is 23.2 Å². The van der Waals surface area contributed by atoms with Crippen LogP contribution in [0.1, 0.15) is 30.4 Å². The van der Waals surface area contributed by atoms with Gasteiger partial charge in [0.05, 0.1) is 5.92 Å². The molecule has 0 unspecified atom stereocenters. The minimum absolute atomic E-state index is 0.000647. The Kier molecular flexibility index (Phi) is 6.00. The smallest absolute Gasteiger partial charge is 0.224 e. The van der Waals surface area contributed by atoms with Gasteiger partial charge in [0.2, 0.25) is 11.8 Å². The van der Waals surface area contributed by atoms with E-state index in [0.29, 0.717) is 5.56 Å². The van der Waals surface area contributed by atoms with Crippen LogP contribution in [0.5, 0.6) is 0 Å². The minimum atomic E-state index is -0.918. The second-order valence-electron chi connectivity index (χ2n) is 7.04. The summed E-state index contributed by atoms with van der Waals surface area (Å²) >= 11 is 0. The van der Waals surface area contributed by atoms with Gasteiger partial charge in [-0.15, -0.1) is 0 Å². The van der Waals surface area contributed by atoms with E-state index >= 15 is 0 Å². The highest BCUT2D eigenvalue weighted by Gasteiger charge is 2.39. The fourth-order valence-corrected chi connectivity index (χ4v) is 3.57. The van der Waals surface area contributed by atoms with Crippen molar-refractivity contribution in [3.63, 3.8) is 0 Å². The van der Waals surface area contributed by atoms with Crippen molar-refractivity contribution in [1.82, 2.24) is 5.32 Å². The lowest BCUT2D eigenvalue weighted by molar-refractivity contribution is -0.127. The molecule has 29 heavy (non-hydrogen) atoms. The SMILES string of the molecule is CC(=O)Nc1cc(F)c([C@@H]2CNC(=O)[C@H]2CC(=O)Cc2ccc(F)cc2)c(F)c1. The van der Waals surface area contributed by atoms with Gasteiger partial charge in [-0.05, 0) is 29.8 Å². The highest BCUT2D eigenvalue weighted by atomic mass is 19.1. The predicted octanol–water partition coefficient (Wildman–Crippen LogP) is 3.09. The molecule has 3 rings (SSSR count). The molecule has 0 spiro atoms. The van der Waals surface area contributed by atoms with Crippen molar-refractivity contribution in [2.75, 3.05) is 11.9 Å². The Morgan fingerprint density at radius 2 is 1.72 bits per heavy atom. The average molecular weight is 404 g/mol. The average Bonchev–Trinajstić information content (AvgIpc) is 2.96. The van der Waals surface area contributed by atoms with Gasteiger partial charge in [0.25, 0.3) is 0 Å². The number of carbonyl (C=O) groups excluding carboxylic acids is 3. The Balaban J connectivity index is 1.79. The Hall–Kier alpha value is -3.16. The van der Waals surface area contributed by atoms with Crippen LogP contribution in [0.25, 0.3) is 0 Å². The van der Waals surface area contributed by atoms with Crippen LogP contribution in [-0.4, -0.2) is 24.1 Å². The third-order valence-corrected chi connectivity index (χ3v) is 4.85. The van der Waals surface area contributed by atoms with Crippen molar-refractivity contribution in [2.24, 2.45) is 5.92 Å². The topological polar surface area (TPSA) is 75.3 Å². The van der Waals surface area contributed by atoms with Crippen molar-refractivity contribution < 1.29 is 27.6 Å². The molecule has 2 atom stereocenters. The molecule has 5 nitrogen and oxygen atoms in total. The zero-order chi connectivity index (χ0) is 21.1. The first-order valence-corrected chi connectivity index (χ1v) is 9.05. The summed E-state index contributed by atoms with van der Waals surface area (Å²) in [5.41, 5.74) is 0.262. The van der Waals surface area contributed by atoms with Crippen LogP contribution in [0, 0.1) is 23.4 Å². The van der Waals surface area contributed by atoms with Gasteiger partial charge in [-0.25, -0.2) is 13.2 Å². The quantitative estimate of drug-likeness (QED) is 0.777. The molecule has 0 radical (unpaired) electrons. The molecule has 1 aliphatic rings. The Labute approximate surface area is 165 Å². The van der Waals surface area contributed by atoms with Gasteiger partial charge in [-0.3, -0.25) is 14.4 Å². The number of ketones is 1. The fourth-order valence-electron chi connectivity index (χ4n) is 3.57. The summed E-state index contributed by atoms with van der Waals surface area (Å²) in [7, 11) is 0. The standard InChI is InChI=1S/C21H19F3N2O3/c1-11(27)26-14-7-18(23)20(19(24)8-14)17-10-25-21(29)16(17)9-15(28)6-12-2-4-13(22)5-3-12/h2-5,7-8,16-17H,6,9-10H2,1H3,(H,25,29)(H,26,27)/t16-,17+/m0/s1. The third-order valence-electron chi connectivity index (χ3n) is 4.85. The van der Waals surface area contributed by atoms with Crippen LogP contribution in [-0.2, 0) is 20.8 Å². The van der Waals surface area contributed by atoms with Crippen molar-refractivity contribution in [3.8, 4) is 0 Å². The molecule has 0 bridgehead atoms. The van der Waals surface area contributed by atoms with Crippen molar-refractivity contribution in [1.29, 1.82) is 0 Å².